The molecule has 0 radical (unpaired) electrons. The van der Waals surface area contributed by atoms with Crippen LogP contribution in [0.2, 0.25) is 5.02 Å². The molecule has 1 aliphatic rings. The van der Waals surface area contributed by atoms with Crippen molar-refractivity contribution in [2.75, 3.05) is 5.32 Å². The molecule has 0 fully saturated rings. The van der Waals surface area contributed by atoms with E-state index in [0.717, 1.165) is 35.6 Å². The van der Waals surface area contributed by atoms with Crippen LogP contribution in [0.15, 0.2) is 48.8 Å². The maximum Gasteiger partial charge on any atom is 0.109 e. The van der Waals surface area contributed by atoms with Gasteiger partial charge in [0.2, 0.25) is 0 Å². The third kappa shape index (κ3) is 3.29. The van der Waals surface area contributed by atoms with E-state index in [4.69, 9.17) is 16.6 Å². The van der Waals surface area contributed by atoms with Gasteiger partial charge in [0.15, 0.2) is 0 Å². The Morgan fingerprint density at radius 2 is 1.96 bits per heavy atom. The molecule has 0 spiro atoms. The van der Waals surface area contributed by atoms with Crippen LogP contribution >= 0.6 is 11.6 Å². The molecular formula is C19H19ClN4. The largest absolute Gasteiger partial charge is 0.379 e. The van der Waals surface area contributed by atoms with Crippen molar-refractivity contribution in [3.05, 3.63) is 65.3 Å². The maximum atomic E-state index is 5.85. The van der Waals surface area contributed by atoms with E-state index in [1.165, 1.54) is 18.7 Å². The van der Waals surface area contributed by atoms with Crippen molar-refractivity contribution in [2.24, 2.45) is 0 Å². The van der Waals surface area contributed by atoms with Crippen molar-refractivity contribution in [2.45, 2.75) is 32.4 Å². The standard InChI is InChI=1S/C19H19ClN4/c20-15-6-9-17(21-11-15)12-22-16-7-4-14(5-8-16)18-13-24-10-2-1-3-19(24)23-18/h4-9,11,13,22H,1-3,10,12H2. The molecule has 0 aliphatic carbocycles. The highest BCUT2D eigenvalue weighted by Gasteiger charge is 2.13. The summed E-state index contributed by atoms with van der Waals surface area (Å²) < 4.78 is 2.29. The van der Waals surface area contributed by atoms with Crippen LogP contribution in [0.25, 0.3) is 11.3 Å². The van der Waals surface area contributed by atoms with E-state index >= 15 is 0 Å². The number of pyridine rings is 1. The first-order chi connectivity index (χ1) is 11.8. The molecular weight excluding hydrogens is 320 g/mol. The molecule has 4 rings (SSSR count). The minimum absolute atomic E-state index is 0.658. The topological polar surface area (TPSA) is 42.7 Å². The normalized spacial score (nSPS) is 13.5. The van der Waals surface area contributed by atoms with Crippen molar-refractivity contribution in [1.29, 1.82) is 0 Å². The average molecular weight is 339 g/mol. The first-order valence-electron chi connectivity index (χ1n) is 8.29. The molecule has 122 valence electrons. The Balaban J connectivity index is 1.44. The fourth-order valence-electron chi connectivity index (χ4n) is 3.01. The second-order valence-corrected chi connectivity index (χ2v) is 6.53. The molecule has 2 aromatic heterocycles. The van der Waals surface area contributed by atoms with Gasteiger partial charge in [-0.3, -0.25) is 4.98 Å². The lowest BCUT2D eigenvalue weighted by atomic mass is 10.1. The fourth-order valence-corrected chi connectivity index (χ4v) is 3.13. The van der Waals surface area contributed by atoms with Gasteiger partial charge in [0.05, 0.1) is 23.0 Å². The smallest absolute Gasteiger partial charge is 0.109 e. The quantitative estimate of drug-likeness (QED) is 0.759. The Morgan fingerprint density at radius 1 is 1.08 bits per heavy atom. The molecule has 3 aromatic rings. The van der Waals surface area contributed by atoms with E-state index in [1.54, 1.807) is 6.20 Å². The van der Waals surface area contributed by atoms with Gasteiger partial charge in [-0.25, -0.2) is 4.98 Å². The van der Waals surface area contributed by atoms with Crippen molar-refractivity contribution >= 4 is 17.3 Å². The number of halogens is 1. The molecule has 1 N–H and O–H groups in total. The predicted molar refractivity (Wildman–Crippen MR) is 97.2 cm³/mol. The number of aromatic nitrogens is 3. The Kier molecular flexibility index (Phi) is 4.22. The summed E-state index contributed by atoms with van der Waals surface area (Å²) in [6.07, 6.45) is 7.44. The number of benzene rings is 1. The van der Waals surface area contributed by atoms with Gasteiger partial charge >= 0.3 is 0 Å². The number of nitrogens with one attached hydrogen (secondary N) is 1. The molecule has 0 amide bonds. The summed E-state index contributed by atoms with van der Waals surface area (Å²) in [6, 6.07) is 12.2. The lowest BCUT2D eigenvalue weighted by Crippen LogP contribution is -2.08. The average Bonchev–Trinajstić information content (AvgIpc) is 3.06. The minimum Gasteiger partial charge on any atom is -0.379 e. The van der Waals surface area contributed by atoms with Crippen molar-refractivity contribution in [1.82, 2.24) is 14.5 Å². The molecule has 0 saturated carbocycles. The number of imidazole rings is 1. The molecule has 1 aromatic carbocycles. The van der Waals surface area contributed by atoms with Crippen molar-refractivity contribution in [3.8, 4) is 11.3 Å². The zero-order chi connectivity index (χ0) is 16.4. The maximum absolute atomic E-state index is 5.85. The summed E-state index contributed by atoms with van der Waals surface area (Å²) in [6.45, 7) is 1.77. The first-order valence-corrected chi connectivity index (χ1v) is 8.66. The summed E-state index contributed by atoms with van der Waals surface area (Å²) >= 11 is 5.85. The van der Waals surface area contributed by atoms with E-state index in [9.17, 15) is 0 Å². The third-order valence-electron chi connectivity index (χ3n) is 4.35. The summed E-state index contributed by atoms with van der Waals surface area (Å²) in [7, 11) is 0. The van der Waals surface area contributed by atoms with Crippen molar-refractivity contribution < 1.29 is 0 Å². The number of hydrogen-bond donors (Lipinski definition) is 1. The van der Waals surface area contributed by atoms with Gasteiger partial charge in [0.25, 0.3) is 0 Å². The molecule has 3 heterocycles. The Labute approximate surface area is 146 Å². The van der Waals surface area contributed by atoms with E-state index in [-0.39, 0.29) is 0 Å². The molecule has 1 aliphatic heterocycles. The van der Waals surface area contributed by atoms with Gasteiger partial charge < -0.3 is 9.88 Å². The Hall–Kier alpha value is -2.33. The number of aryl methyl sites for hydroxylation is 2. The van der Waals surface area contributed by atoms with Crippen LogP contribution in [0.4, 0.5) is 5.69 Å². The monoisotopic (exact) mass is 338 g/mol. The van der Waals surface area contributed by atoms with E-state index in [1.807, 2.05) is 12.1 Å². The fraction of sp³-hybridized carbons (Fsp3) is 0.263. The minimum atomic E-state index is 0.658. The Morgan fingerprint density at radius 3 is 2.71 bits per heavy atom. The van der Waals surface area contributed by atoms with E-state index < -0.39 is 0 Å². The number of hydrogen-bond acceptors (Lipinski definition) is 3. The van der Waals surface area contributed by atoms with Crippen LogP contribution in [0.1, 0.15) is 24.4 Å². The molecule has 0 unspecified atom stereocenters. The molecule has 5 heteroatoms. The molecule has 0 bridgehead atoms. The second kappa shape index (κ2) is 6.65. The molecule has 4 nitrogen and oxygen atoms in total. The van der Waals surface area contributed by atoms with Gasteiger partial charge in [0, 0.05) is 36.6 Å². The van der Waals surface area contributed by atoms with Gasteiger partial charge in [-0.05, 0) is 37.1 Å². The summed E-state index contributed by atoms with van der Waals surface area (Å²) in [5.74, 6) is 1.22. The highest BCUT2D eigenvalue weighted by atomic mass is 35.5. The number of fused-ring (bicyclic) bond motifs is 1. The Bertz CT molecular complexity index is 798. The highest BCUT2D eigenvalue weighted by Crippen LogP contribution is 2.24. The lowest BCUT2D eigenvalue weighted by molar-refractivity contribution is 0.522. The molecule has 24 heavy (non-hydrogen) atoms. The SMILES string of the molecule is Clc1ccc(CNc2ccc(-c3cn4c(n3)CCCC4)cc2)nc1. The summed E-state index contributed by atoms with van der Waals surface area (Å²) in [4.78, 5) is 9.06. The zero-order valence-corrected chi connectivity index (χ0v) is 14.1. The third-order valence-corrected chi connectivity index (χ3v) is 4.58. The van der Waals surface area contributed by atoms with Crippen LogP contribution in [0.5, 0.6) is 0 Å². The number of nitrogens with zero attached hydrogens (tertiary/aromatic N) is 3. The summed E-state index contributed by atoms with van der Waals surface area (Å²) in [5, 5.41) is 4.04. The summed E-state index contributed by atoms with van der Waals surface area (Å²) in [5.41, 5.74) is 4.26. The van der Waals surface area contributed by atoms with Gasteiger partial charge in [0.1, 0.15) is 5.82 Å². The lowest BCUT2D eigenvalue weighted by Gasteiger charge is -2.11. The van der Waals surface area contributed by atoms with Crippen LogP contribution in [0, 0.1) is 0 Å². The van der Waals surface area contributed by atoms with Gasteiger partial charge in [-0.2, -0.15) is 0 Å². The van der Waals surface area contributed by atoms with E-state index in [0.29, 0.717) is 11.6 Å². The molecule has 0 atom stereocenters. The van der Waals surface area contributed by atoms with Crippen LogP contribution in [0.3, 0.4) is 0 Å². The predicted octanol–water partition coefficient (Wildman–Crippen LogP) is 4.55. The number of anilines is 1. The molecule has 0 saturated heterocycles. The number of rotatable bonds is 4. The first kappa shape index (κ1) is 15.2. The van der Waals surface area contributed by atoms with Crippen LogP contribution in [-0.2, 0) is 19.5 Å². The van der Waals surface area contributed by atoms with E-state index in [2.05, 4.69) is 45.3 Å². The van der Waals surface area contributed by atoms with Crippen LogP contribution in [-0.4, -0.2) is 14.5 Å². The van der Waals surface area contributed by atoms with Gasteiger partial charge in [-0.1, -0.05) is 23.7 Å². The highest BCUT2D eigenvalue weighted by molar-refractivity contribution is 6.30. The van der Waals surface area contributed by atoms with Crippen LogP contribution < -0.4 is 5.32 Å². The van der Waals surface area contributed by atoms with Crippen molar-refractivity contribution in [3.63, 3.8) is 0 Å². The second-order valence-electron chi connectivity index (χ2n) is 6.09. The van der Waals surface area contributed by atoms with Gasteiger partial charge in [-0.15, -0.1) is 0 Å². The zero-order valence-electron chi connectivity index (χ0n) is 13.4.